The molecule has 1 N–H and O–H groups in total. The van der Waals surface area contributed by atoms with Crippen LogP contribution in [0.1, 0.15) is 19.7 Å². The average Bonchev–Trinajstić information content (AvgIpc) is 2.53. The predicted molar refractivity (Wildman–Crippen MR) is 96.6 cm³/mol. The highest BCUT2D eigenvalue weighted by atomic mass is 32.2. The first-order chi connectivity index (χ1) is 11.4. The van der Waals surface area contributed by atoms with Gasteiger partial charge in [0, 0.05) is 24.8 Å². The Bertz CT molecular complexity index is 806. The Hall–Kier alpha value is -2.15. The van der Waals surface area contributed by atoms with E-state index in [1.54, 1.807) is 13.8 Å². The molecule has 2 atom stereocenters. The van der Waals surface area contributed by atoms with E-state index in [2.05, 4.69) is 15.3 Å². The summed E-state index contributed by atoms with van der Waals surface area (Å²) in [5.41, 5.74) is 0.949. The topological polar surface area (TPSA) is 75.2 Å². The average molecular weight is 346 g/mol. The van der Waals surface area contributed by atoms with Crippen LogP contribution < -0.4 is 10.2 Å². The molecule has 2 heterocycles. The van der Waals surface area contributed by atoms with E-state index in [1.807, 2.05) is 48.2 Å². The summed E-state index contributed by atoms with van der Waals surface area (Å²) < 4.78 is 24.4. The molecule has 7 heteroatoms. The molecule has 1 fully saturated rings. The number of aryl methyl sites for hydroxylation is 1. The smallest absolute Gasteiger partial charge is 0.158 e. The van der Waals surface area contributed by atoms with Crippen LogP contribution in [-0.2, 0) is 9.84 Å². The van der Waals surface area contributed by atoms with Crippen LogP contribution in [0, 0.1) is 6.92 Å². The van der Waals surface area contributed by atoms with Gasteiger partial charge >= 0.3 is 0 Å². The molecule has 1 aliphatic rings. The predicted octanol–water partition coefficient (Wildman–Crippen LogP) is 2.54. The first kappa shape index (κ1) is 16.7. The Morgan fingerprint density at radius 1 is 1.08 bits per heavy atom. The van der Waals surface area contributed by atoms with Gasteiger partial charge in [0.15, 0.2) is 9.84 Å². The number of benzene rings is 1. The molecule has 2 unspecified atom stereocenters. The minimum absolute atomic E-state index is 0.401. The third-order valence-corrected chi connectivity index (χ3v) is 6.81. The normalized spacial score (nSPS) is 23.0. The maximum Gasteiger partial charge on any atom is 0.158 e. The Balaban J connectivity index is 1.87. The summed E-state index contributed by atoms with van der Waals surface area (Å²) in [4.78, 5) is 10.9. The fourth-order valence-corrected chi connectivity index (χ4v) is 4.50. The highest BCUT2D eigenvalue weighted by Crippen LogP contribution is 2.25. The summed E-state index contributed by atoms with van der Waals surface area (Å²) in [5, 5.41) is 2.47. The molecule has 1 aromatic carbocycles. The number of para-hydroxylation sites is 1. The highest BCUT2D eigenvalue weighted by molar-refractivity contribution is 7.92. The lowest BCUT2D eigenvalue weighted by molar-refractivity contribution is 0.548. The molecule has 0 radical (unpaired) electrons. The molecular formula is C17H22N4O2S. The molecule has 128 valence electrons. The van der Waals surface area contributed by atoms with Crippen molar-refractivity contribution in [2.75, 3.05) is 23.3 Å². The van der Waals surface area contributed by atoms with Gasteiger partial charge in [-0.15, -0.1) is 0 Å². The number of nitrogens with zero attached hydrogens (tertiary/aromatic N) is 3. The Labute approximate surface area is 142 Å². The van der Waals surface area contributed by atoms with Crippen molar-refractivity contribution >= 4 is 27.2 Å². The van der Waals surface area contributed by atoms with Crippen LogP contribution in [0.4, 0.5) is 17.3 Å². The Kier molecular flexibility index (Phi) is 4.45. The number of hydrogen-bond donors (Lipinski definition) is 1. The molecule has 0 bridgehead atoms. The highest BCUT2D eigenvalue weighted by Gasteiger charge is 2.36. The van der Waals surface area contributed by atoms with Gasteiger partial charge in [0.2, 0.25) is 0 Å². The zero-order valence-electron chi connectivity index (χ0n) is 14.1. The van der Waals surface area contributed by atoms with Gasteiger partial charge < -0.3 is 10.2 Å². The fraction of sp³-hybridized carbons (Fsp3) is 0.412. The molecule has 0 saturated carbocycles. The largest absolute Gasteiger partial charge is 0.354 e. The number of nitrogens with one attached hydrogen (secondary N) is 1. The molecular weight excluding hydrogens is 324 g/mol. The van der Waals surface area contributed by atoms with Crippen molar-refractivity contribution in [2.45, 2.75) is 31.3 Å². The van der Waals surface area contributed by atoms with Gasteiger partial charge in [-0.1, -0.05) is 18.2 Å². The minimum atomic E-state index is -3.05. The second kappa shape index (κ2) is 6.39. The standard InChI is InChI=1S/C17H22N4O2S/c1-12-10-21(11-13(2)24(12,22)23)17-9-16(18-14(3)19-17)20-15-7-5-4-6-8-15/h4-9,12-13H,10-11H2,1-3H3,(H,18,19,20). The van der Waals surface area contributed by atoms with Crippen LogP contribution in [0.2, 0.25) is 0 Å². The number of sulfone groups is 1. The van der Waals surface area contributed by atoms with Crippen LogP contribution in [0.25, 0.3) is 0 Å². The van der Waals surface area contributed by atoms with E-state index >= 15 is 0 Å². The third-order valence-electron chi connectivity index (χ3n) is 4.27. The maximum atomic E-state index is 12.2. The summed E-state index contributed by atoms with van der Waals surface area (Å²) in [6.45, 7) is 6.26. The lowest BCUT2D eigenvalue weighted by Crippen LogP contribution is -2.50. The number of hydrogen-bond acceptors (Lipinski definition) is 6. The molecule has 2 aromatic rings. The zero-order valence-corrected chi connectivity index (χ0v) is 14.9. The molecule has 1 aliphatic heterocycles. The summed E-state index contributed by atoms with van der Waals surface area (Å²) >= 11 is 0. The van der Waals surface area contributed by atoms with Crippen molar-refractivity contribution in [1.82, 2.24) is 9.97 Å². The van der Waals surface area contributed by atoms with Gasteiger partial charge in [-0.2, -0.15) is 0 Å². The molecule has 3 rings (SSSR count). The molecule has 1 saturated heterocycles. The van der Waals surface area contributed by atoms with E-state index in [4.69, 9.17) is 0 Å². The van der Waals surface area contributed by atoms with Crippen molar-refractivity contribution in [1.29, 1.82) is 0 Å². The van der Waals surface area contributed by atoms with E-state index in [-0.39, 0.29) is 0 Å². The van der Waals surface area contributed by atoms with E-state index in [1.165, 1.54) is 0 Å². The second-order valence-corrected chi connectivity index (χ2v) is 9.05. The van der Waals surface area contributed by atoms with Crippen molar-refractivity contribution in [3.63, 3.8) is 0 Å². The lowest BCUT2D eigenvalue weighted by Gasteiger charge is -2.35. The second-order valence-electron chi connectivity index (χ2n) is 6.26. The van der Waals surface area contributed by atoms with E-state index in [0.717, 1.165) is 11.5 Å². The molecule has 0 aliphatic carbocycles. The molecule has 24 heavy (non-hydrogen) atoms. The van der Waals surface area contributed by atoms with E-state index in [9.17, 15) is 8.42 Å². The van der Waals surface area contributed by atoms with Gasteiger partial charge in [0.1, 0.15) is 17.5 Å². The van der Waals surface area contributed by atoms with Gasteiger partial charge in [-0.3, -0.25) is 0 Å². The van der Waals surface area contributed by atoms with E-state index in [0.29, 0.717) is 24.7 Å². The molecule has 0 spiro atoms. The number of rotatable bonds is 3. The van der Waals surface area contributed by atoms with Gasteiger partial charge in [0.25, 0.3) is 0 Å². The number of anilines is 3. The van der Waals surface area contributed by atoms with Crippen LogP contribution in [0.5, 0.6) is 0 Å². The monoisotopic (exact) mass is 346 g/mol. The van der Waals surface area contributed by atoms with E-state index < -0.39 is 20.3 Å². The lowest BCUT2D eigenvalue weighted by atomic mass is 10.3. The zero-order chi connectivity index (χ0) is 17.3. The summed E-state index contributed by atoms with van der Waals surface area (Å²) in [6.07, 6.45) is 0. The van der Waals surface area contributed by atoms with Crippen LogP contribution >= 0.6 is 0 Å². The molecule has 6 nitrogen and oxygen atoms in total. The first-order valence-corrected chi connectivity index (χ1v) is 9.62. The third kappa shape index (κ3) is 3.36. The summed E-state index contributed by atoms with van der Waals surface area (Å²) in [7, 11) is -3.05. The van der Waals surface area contributed by atoms with Crippen molar-refractivity contribution < 1.29 is 8.42 Å². The summed E-state index contributed by atoms with van der Waals surface area (Å²) in [6, 6.07) is 11.7. The maximum absolute atomic E-state index is 12.2. The molecule has 1 aromatic heterocycles. The van der Waals surface area contributed by atoms with Gasteiger partial charge in [-0.25, -0.2) is 18.4 Å². The first-order valence-electron chi connectivity index (χ1n) is 8.01. The van der Waals surface area contributed by atoms with Crippen LogP contribution in [-0.4, -0.2) is 42.0 Å². The summed E-state index contributed by atoms with van der Waals surface area (Å²) in [5.74, 6) is 2.12. The van der Waals surface area contributed by atoms with Gasteiger partial charge in [-0.05, 0) is 32.9 Å². The van der Waals surface area contributed by atoms with Gasteiger partial charge in [0.05, 0.1) is 10.5 Å². The van der Waals surface area contributed by atoms with Crippen LogP contribution in [0.3, 0.4) is 0 Å². The van der Waals surface area contributed by atoms with Crippen LogP contribution in [0.15, 0.2) is 36.4 Å². The molecule has 0 amide bonds. The Morgan fingerprint density at radius 3 is 2.33 bits per heavy atom. The van der Waals surface area contributed by atoms with Crippen molar-refractivity contribution in [2.24, 2.45) is 0 Å². The quantitative estimate of drug-likeness (QED) is 0.920. The minimum Gasteiger partial charge on any atom is -0.354 e. The fourth-order valence-electron chi connectivity index (χ4n) is 2.93. The Morgan fingerprint density at radius 2 is 1.71 bits per heavy atom. The van der Waals surface area contributed by atoms with Crippen molar-refractivity contribution in [3.05, 3.63) is 42.2 Å². The SMILES string of the molecule is Cc1nc(Nc2ccccc2)cc(N2CC(C)S(=O)(=O)C(C)C2)n1. The van der Waals surface area contributed by atoms with Crippen molar-refractivity contribution in [3.8, 4) is 0 Å². The number of aromatic nitrogens is 2.